The Morgan fingerprint density at radius 1 is 0.341 bits per heavy atom. The first-order valence-corrected chi connectivity index (χ1v) is 14.3. The van der Waals surface area contributed by atoms with Crippen LogP contribution in [0.15, 0.2) is 140 Å². The Hall–Kier alpha value is -5.14. The van der Waals surface area contributed by atoms with E-state index in [4.69, 9.17) is 0 Å². The van der Waals surface area contributed by atoms with Crippen LogP contribution in [0, 0.1) is 13.8 Å². The van der Waals surface area contributed by atoms with Gasteiger partial charge in [-0.15, -0.1) is 0 Å². The van der Waals surface area contributed by atoms with E-state index in [0.717, 1.165) is 0 Å². The molecule has 8 rings (SSSR count). The number of hydrogen-bond donors (Lipinski definition) is 0. The first-order valence-electron chi connectivity index (χ1n) is 14.3. The lowest BCUT2D eigenvalue weighted by Crippen LogP contribution is -2.10. The van der Waals surface area contributed by atoms with Gasteiger partial charge in [0, 0.05) is 17.1 Å². The Morgan fingerprint density at radius 2 is 0.854 bits per heavy atom. The molecule has 0 heterocycles. The molecule has 1 heteroatoms. The Labute approximate surface area is 241 Å². The number of fused-ring (bicyclic) bond motifs is 6. The molecule has 0 saturated heterocycles. The van der Waals surface area contributed by atoms with Gasteiger partial charge in [-0.3, -0.25) is 0 Å². The number of nitrogens with zero attached hydrogens (tertiary/aromatic N) is 1. The van der Waals surface area contributed by atoms with E-state index in [1.807, 2.05) is 0 Å². The van der Waals surface area contributed by atoms with E-state index in [1.54, 1.807) is 0 Å². The van der Waals surface area contributed by atoms with E-state index in [1.165, 1.54) is 83.1 Å². The van der Waals surface area contributed by atoms with Crippen LogP contribution in [0.1, 0.15) is 11.1 Å². The zero-order valence-electron chi connectivity index (χ0n) is 23.2. The molecular formula is C40H29N. The molecule has 194 valence electrons. The first kappa shape index (κ1) is 23.7. The zero-order valence-corrected chi connectivity index (χ0v) is 23.2. The molecule has 0 atom stereocenters. The summed E-state index contributed by atoms with van der Waals surface area (Å²) in [5, 5.41) is 5.10. The normalized spacial score (nSPS) is 11.7. The van der Waals surface area contributed by atoms with Crippen molar-refractivity contribution in [2.45, 2.75) is 13.8 Å². The van der Waals surface area contributed by atoms with Crippen LogP contribution >= 0.6 is 0 Å². The number of aryl methyl sites for hydroxylation is 2. The summed E-state index contributed by atoms with van der Waals surface area (Å²) in [5.74, 6) is 0. The second kappa shape index (κ2) is 9.21. The van der Waals surface area contributed by atoms with E-state index in [9.17, 15) is 0 Å². The quantitative estimate of drug-likeness (QED) is 0.222. The molecule has 0 fully saturated rings. The summed E-state index contributed by atoms with van der Waals surface area (Å²) in [5.41, 5.74) is 13.9. The summed E-state index contributed by atoms with van der Waals surface area (Å²) in [6.07, 6.45) is 0. The van der Waals surface area contributed by atoms with E-state index < -0.39 is 0 Å². The molecule has 0 unspecified atom stereocenters. The lowest BCUT2D eigenvalue weighted by molar-refractivity contribution is 1.26. The molecule has 7 aromatic rings. The molecule has 0 aliphatic heterocycles. The molecule has 41 heavy (non-hydrogen) atoms. The largest absolute Gasteiger partial charge is 0.310 e. The third-order valence-electron chi connectivity index (χ3n) is 8.40. The summed E-state index contributed by atoms with van der Waals surface area (Å²) >= 11 is 0. The summed E-state index contributed by atoms with van der Waals surface area (Å²) < 4.78 is 0. The highest BCUT2D eigenvalue weighted by molar-refractivity contribution is 6.12. The average molecular weight is 524 g/mol. The van der Waals surface area contributed by atoms with Crippen molar-refractivity contribution in [1.82, 2.24) is 0 Å². The van der Waals surface area contributed by atoms with Gasteiger partial charge in [0.2, 0.25) is 0 Å². The van der Waals surface area contributed by atoms with Crippen LogP contribution < -0.4 is 4.90 Å². The van der Waals surface area contributed by atoms with E-state index >= 15 is 0 Å². The predicted octanol–water partition coefficient (Wildman–Crippen LogP) is 11.4. The van der Waals surface area contributed by atoms with E-state index in [0.29, 0.717) is 0 Å². The number of rotatable bonds is 4. The van der Waals surface area contributed by atoms with Crippen LogP contribution in [0.5, 0.6) is 0 Å². The van der Waals surface area contributed by atoms with Crippen molar-refractivity contribution in [3.63, 3.8) is 0 Å². The van der Waals surface area contributed by atoms with Gasteiger partial charge in [0.15, 0.2) is 0 Å². The fourth-order valence-electron chi connectivity index (χ4n) is 6.34. The van der Waals surface area contributed by atoms with Crippen molar-refractivity contribution >= 4 is 38.6 Å². The summed E-state index contributed by atoms with van der Waals surface area (Å²) in [4.78, 5) is 2.37. The summed E-state index contributed by atoms with van der Waals surface area (Å²) in [6.45, 7) is 4.31. The minimum absolute atomic E-state index is 1.17. The molecular weight excluding hydrogens is 494 g/mol. The fourth-order valence-corrected chi connectivity index (χ4v) is 6.34. The van der Waals surface area contributed by atoms with Crippen LogP contribution in [0.2, 0.25) is 0 Å². The highest BCUT2D eigenvalue weighted by Crippen LogP contribution is 2.51. The van der Waals surface area contributed by atoms with Gasteiger partial charge in [0.05, 0.1) is 0 Å². The minimum atomic E-state index is 1.17. The fraction of sp³-hybridized carbons (Fsp3) is 0.0500. The SMILES string of the molecule is Cc1cccc(N(c2cccc(C)c2)c2ccc3cc4c(cc3c2)-c2cc3cc(-c5ccccc5)ccc3cc2-4)c1. The smallest absolute Gasteiger partial charge is 0.0468 e. The average Bonchev–Trinajstić information content (AvgIpc) is 3.00. The molecule has 0 N–H and O–H groups in total. The maximum absolute atomic E-state index is 2.38. The minimum Gasteiger partial charge on any atom is -0.310 e. The van der Waals surface area contributed by atoms with Crippen LogP contribution in [0.4, 0.5) is 17.1 Å². The monoisotopic (exact) mass is 523 g/mol. The van der Waals surface area contributed by atoms with Gasteiger partial charge < -0.3 is 4.90 Å². The van der Waals surface area contributed by atoms with Gasteiger partial charge in [0.25, 0.3) is 0 Å². The van der Waals surface area contributed by atoms with Crippen LogP contribution in [0.25, 0.3) is 54.9 Å². The van der Waals surface area contributed by atoms with Gasteiger partial charge >= 0.3 is 0 Å². The van der Waals surface area contributed by atoms with Crippen LogP contribution in [-0.2, 0) is 0 Å². The molecule has 0 aromatic heterocycles. The predicted molar refractivity (Wildman–Crippen MR) is 175 cm³/mol. The molecule has 1 nitrogen and oxygen atoms in total. The number of benzene rings is 7. The number of hydrogen-bond acceptors (Lipinski definition) is 1. The molecule has 1 aliphatic carbocycles. The first-order chi connectivity index (χ1) is 20.1. The third kappa shape index (κ3) is 4.01. The van der Waals surface area contributed by atoms with Crippen LogP contribution in [-0.4, -0.2) is 0 Å². The van der Waals surface area contributed by atoms with Crippen molar-refractivity contribution < 1.29 is 0 Å². The second-order valence-corrected chi connectivity index (χ2v) is 11.3. The highest BCUT2D eigenvalue weighted by atomic mass is 15.1. The molecule has 1 aliphatic rings. The molecule has 0 spiro atoms. The van der Waals surface area contributed by atoms with Crippen LogP contribution in [0.3, 0.4) is 0 Å². The lowest BCUT2D eigenvalue weighted by Gasteiger charge is -2.28. The standard InChI is InChI=1S/C40H29N/c1-26-8-6-12-34(18-26)41(35-13-7-9-27(2)19-35)36-17-16-31-23-38-37-22-30-15-14-29(28-10-4-3-5-11-28)20-32(30)24-39(37)40(38)25-33(31)21-36/h3-25H,1-2H3. The second-order valence-electron chi connectivity index (χ2n) is 11.3. The zero-order chi connectivity index (χ0) is 27.5. The Kier molecular flexibility index (Phi) is 5.33. The van der Waals surface area contributed by atoms with Crippen molar-refractivity contribution in [3.8, 4) is 33.4 Å². The Balaban J connectivity index is 1.24. The topological polar surface area (TPSA) is 3.24 Å². The molecule has 0 saturated carbocycles. The Bertz CT molecular complexity index is 2070. The van der Waals surface area contributed by atoms with Gasteiger partial charge in [0.1, 0.15) is 0 Å². The summed E-state index contributed by atoms with van der Waals surface area (Å²) in [6, 6.07) is 51.3. The molecule has 0 bridgehead atoms. The Morgan fingerprint density at radius 3 is 1.44 bits per heavy atom. The van der Waals surface area contributed by atoms with Gasteiger partial charge in [-0.25, -0.2) is 0 Å². The third-order valence-corrected chi connectivity index (χ3v) is 8.40. The van der Waals surface area contributed by atoms with Crippen molar-refractivity contribution in [1.29, 1.82) is 0 Å². The molecule has 0 amide bonds. The van der Waals surface area contributed by atoms with Crippen molar-refractivity contribution in [3.05, 3.63) is 151 Å². The molecule has 7 aromatic carbocycles. The number of anilines is 3. The van der Waals surface area contributed by atoms with Gasteiger partial charge in [-0.2, -0.15) is 0 Å². The molecule has 0 radical (unpaired) electrons. The van der Waals surface area contributed by atoms with Gasteiger partial charge in [-0.1, -0.05) is 72.8 Å². The van der Waals surface area contributed by atoms with E-state index in [2.05, 4.69) is 158 Å². The lowest BCUT2D eigenvalue weighted by atomic mass is 9.77. The maximum Gasteiger partial charge on any atom is 0.0468 e. The summed E-state index contributed by atoms with van der Waals surface area (Å²) in [7, 11) is 0. The van der Waals surface area contributed by atoms with Crippen molar-refractivity contribution in [2.24, 2.45) is 0 Å². The van der Waals surface area contributed by atoms with Crippen molar-refractivity contribution in [2.75, 3.05) is 4.90 Å². The van der Waals surface area contributed by atoms with Gasteiger partial charge in [-0.05, 0) is 147 Å². The maximum atomic E-state index is 2.38. The van der Waals surface area contributed by atoms with E-state index in [-0.39, 0.29) is 0 Å². The highest BCUT2D eigenvalue weighted by Gasteiger charge is 2.24.